The van der Waals surface area contributed by atoms with Gasteiger partial charge < -0.3 is 25.6 Å². The molecular weight excluding hydrogens is 434 g/mol. The number of hydrogen-bond acceptors (Lipinski definition) is 6. The van der Waals surface area contributed by atoms with Crippen molar-refractivity contribution >= 4 is 23.3 Å². The van der Waals surface area contributed by atoms with Gasteiger partial charge in [0.25, 0.3) is 0 Å². The number of halogens is 1. The summed E-state index contributed by atoms with van der Waals surface area (Å²) in [6.07, 6.45) is 6.95. The fraction of sp³-hybridized carbons (Fsp3) is 0.591. The van der Waals surface area contributed by atoms with Crippen LogP contribution < -0.4 is 10.6 Å². The van der Waals surface area contributed by atoms with E-state index < -0.39 is 11.7 Å². The number of aryl methyl sites for hydroxylation is 1. The van der Waals surface area contributed by atoms with E-state index in [4.69, 9.17) is 16.3 Å². The van der Waals surface area contributed by atoms with Crippen molar-refractivity contribution in [2.45, 2.75) is 75.3 Å². The molecular formula is C22H30ClN5O4. The van der Waals surface area contributed by atoms with Gasteiger partial charge in [-0.2, -0.15) is 0 Å². The lowest BCUT2D eigenvalue weighted by atomic mass is 9.97. The monoisotopic (exact) mass is 463 g/mol. The minimum atomic E-state index is -0.840. The molecule has 9 nitrogen and oxygen atoms in total. The van der Waals surface area contributed by atoms with E-state index in [1.165, 1.54) is 0 Å². The van der Waals surface area contributed by atoms with E-state index in [1.807, 2.05) is 6.20 Å². The number of aliphatic hydroxyl groups excluding tert-OH is 1. The lowest BCUT2D eigenvalue weighted by Crippen LogP contribution is -2.52. The number of nitrogens with one attached hydrogen (secondary N) is 2. The molecule has 1 aromatic heterocycles. The van der Waals surface area contributed by atoms with Gasteiger partial charge in [0.2, 0.25) is 0 Å². The van der Waals surface area contributed by atoms with Crippen molar-refractivity contribution < 1.29 is 19.7 Å². The summed E-state index contributed by atoms with van der Waals surface area (Å²) in [5.74, 6) is 0. The van der Waals surface area contributed by atoms with Crippen molar-refractivity contribution in [1.29, 1.82) is 0 Å². The number of ether oxygens (including phenoxy) is 1. The van der Waals surface area contributed by atoms with Crippen LogP contribution in [-0.4, -0.2) is 56.1 Å². The van der Waals surface area contributed by atoms with E-state index in [9.17, 15) is 15.0 Å². The first kappa shape index (κ1) is 23.0. The molecule has 0 spiro atoms. The van der Waals surface area contributed by atoms with Crippen LogP contribution in [0.25, 0.3) is 0 Å². The molecule has 1 aromatic carbocycles. The molecule has 0 radical (unpaired) electrons. The minimum Gasteiger partial charge on any atom is -0.394 e. The molecule has 2 heterocycles. The molecule has 1 aliphatic heterocycles. The van der Waals surface area contributed by atoms with Gasteiger partial charge in [-0.05, 0) is 56.4 Å². The van der Waals surface area contributed by atoms with Crippen LogP contribution in [0.5, 0.6) is 0 Å². The van der Waals surface area contributed by atoms with Gasteiger partial charge in [0.1, 0.15) is 17.4 Å². The number of anilines is 1. The highest BCUT2D eigenvalue weighted by atomic mass is 35.5. The molecule has 2 aliphatic rings. The van der Waals surface area contributed by atoms with E-state index >= 15 is 0 Å². The summed E-state index contributed by atoms with van der Waals surface area (Å²) in [6, 6.07) is 6.22. The number of carbonyl (C=O) groups excluding carboxylic acids is 1. The maximum absolute atomic E-state index is 12.3. The quantitative estimate of drug-likeness (QED) is 0.501. The summed E-state index contributed by atoms with van der Waals surface area (Å²) in [6.45, 7) is 0.434. The summed E-state index contributed by atoms with van der Waals surface area (Å²) in [5, 5.41) is 35.0. The smallest absolute Gasteiger partial charge is 0.319 e. The van der Waals surface area contributed by atoms with Crippen LogP contribution in [0.15, 0.2) is 30.5 Å². The molecule has 174 valence electrons. The molecule has 1 saturated carbocycles. The van der Waals surface area contributed by atoms with Crippen LogP contribution in [0.1, 0.15) is 50.6 Å². The van der Waals surface area contributed by atoms with Crippen molar-refractivity contribution in [3.8, 4) is 0 Å². The Hall–Kier alpha value is -2.20. The number of benzene rings is 1. The highest BCUT2D eigenvalue weighted by molar-refractivity contribution is 6.30. The zero-order valence-corrected chi connectivity index (χ0v) is 18.7. The van der Waals surface area contributed by atoms with Gasteiger partial charge in [-0.1, -0.05) is 29.7 Å². The standard InChI is InChI=1S/C22H30ClN5O4/c23-15-3-5-16(6-4-15)24-21(30)25-18-8-7-17(32-19(18)14-29)9-12-28-13-20(26-27-28)22(31)10-1-2-11-22/h3-6,13,17-19,29,31H,1-2,7-12,14H2,(H2,24,25,30)/t17-,18+,19-/m0/s1. The molecule has 4 rings (SSSR count). The predicted octanol–water partition coefficient (Wildman–Crippen LogP) is 2.81. The van der Waals surface area contributed by atoms with Crippen LogP contribution in [0.4, 0.5) is 10.5 Å². The maximum atomic E-state index is 12.3. The molecule has 1 saturated heterocycles. The molecule has 2 fully saturated rings. The van der Waals surface area contributed by atoms with Crippen LogP contribution in [-0.2, 0) is 16.9 Å². The van der Waals surface area contributed by atoms with Crippen LogP contribution in [0.3, 0.4) is 0 Å². The molecule has 0 unspecified atom stereocenters. The number of carbonyl (C=O) groups is 1. The summed E-state index contributed by atoms with van der Waals surface area (Å²) >= 11 is 5.86. The number of aromatic nitrogens is 3. The largest absolute Gasteiger partial charge is 0.394 e. The zero-order chi connectivity index (χ0) is 22.6. The summed E-state index contributed by atoms with van der Waals surface area (Å²) in [7, 11) is 0. The second-order valence-electron chi connectivity index (χ2n) is 8.66. The van der Waals surface area contributed by atoms with E-state index in [2.05, 4.69) is 20.9 Å². The fourth-order valence-corrected chi connectivity index (χ4v) is 4.62. The van der Waals surface area contributed by atoms with Crippen molar-refractivity contribution in [2.24, 2.45) is 0 Å². The third-order valence-corrected chi connectivity index (χ3v) is 6.59. The van der Waals surface area contributed by atoms with Crippen LogP contribution >= 0.6 is 11.6 Å². The SMILES string of the molecule is O=C(Nc1ccc(Cl)cc1)N[C@@H]1CC[C@@H](CCn2cc(C3(O)CCCC3)nn2)O[C@H]1CO. The lowest BCUT2D eigenvalue weighted by molar-refractivity contribution is -0.0905. The number of amides is 2. The number of rotatable bonds is 7. The van der Waals surface area contributed by atoms with Gasteiger partial charge in [0, 0.05) is 17.3 Å². The first-order chi connectivity index (χ1) is 15.4. The third-order valence-electron chi connectivity index (χ3n) is 6.34. The molecule has 0 bridgehead atoms. The number of hydrogen-bond donors (Lipinski definition) is 4. The zero-order valence-electron chi connectivity index (χ0n) is 17.9. The summed E-state index contributed by atoms with van der Waals surface area (Å²) < 4.78 is 7.79. The average Bonchev–Trinajstić information content (AvgIpc) is 3.45. The highest BCUT2D eigenvalue weighted by Gasteiger charge is 2.36. The molecule has 2 aromatic rings. The molecule has 2 amide bonds. The number of aliphatic hydroxyl groups is 2. The van der Waals surface area contributed by atoms with E-state index in [0.717, 1.165) is 32.1 Å². The first-order valence-corrected chi connectivity index (χ1v) is 11.6. The van der Waals surface area contributed by atoms with Gasteiger partial charge in [-0.15, -0.1) is 5.10 Å². The Labute approximate surface area is 192 Å². The molecule has 3 atom stereocenters. The maximum Gasteiger partial charge on any atom is 0.319 e. The van der Waals surface area contributed by atoms with E-state index in [1.54, 1.807) is 28.9 Å². The average molecular weight is 464 g/mol. The first-order valence-electron chi connectivity index (χ1n) is 11.2. The van der Waals surface area contributed by atoms with Crippen molar-refractivity contribution in [3.05, 3.63) is 41.2 Å². The Balaban J connectivity index is 1.25. The number of nitrogens with zero attached hydrogens (tertiary/aromatic N) is 3. The molecule has 4 N–H and O–H groups in total. The summed E-state index contributed by atoms with van der Waals surface area (Å²) in [4.78, 5) is 12.3. The topological polar surface area (TPSA) is 122 Å². The Morgan fingerprint density at radius 1 is 1.25 bits per heavy atom. The fourth-order valence-electron chi connectivity index (χ4n) is 4.49. The molecule has 10 heteroatoms. The van der Waals surface area contributed by atoms with Crippen molar-refractivity contribution in [3.63, 3.8) is 0 Å². The third kappa shape index (κ3) is 5.58. The normalized spacial score (nSPS) is 24.9. The lowest BCUT2D eigenvalue weighted by Gasteiger charge is -2.36. The minimum absolute atomic E-state index is 0.0493. The van der Waals surface area contributed by atoms with Gasteiger partial charge >= 0.3 is 6.03 Å². The van der Waals surface area contributed by atoms with Crippen molar-refractivity contribution in [1.82, 2.24) is 20.3 Å². The van der Waals surface area contributed by atoms with Gasteiger partial charge in [-0.25, -0.2) is 4.79 Å². The van der Waals surface area contributed by atoms with Gasteiger partial charge in [0.15, 0.2) is 0 Å². The van der Waals surface area contributed by atoms with E-state index in [0.29, 0.717) is 35.8 Å². The van der Waals surface area contributed by atoms with E-state index in [-0.39, 0.29) is 24.8 Å². The Morgan fingerprint density at radius 2 is 2.00 bits per heavy atom. The molecule has 1 aliphatic carbocycles. The predicted molar refractivity (Wildman–Crippen MR) is 119 cm³/mol. The Bertz CT molecular complexity index is 900. The van der Waals surface area contributed by atoms with Gasteiger partial charge in [-0.3, -0.25) is 4.68 Å². The Morgan fingerprint density at radius 3 is 2.72 bits per heavy atom. The van der Waals surface area contributed by atoms with Crippen molar-refractivity contribution in [2.75, 3.05) is 11.9 Å². The Kier molecular flexibility index (Phi) is 7.30. The highest BCUT2D eigenvalue weighted by Crippen LogP contribution is 2.37. The second-order valence-corrected chi connectivity index (χ2v) is 9.10. The summed E-state index contributed by atoms with van der Waals surface area (Å²) in [5.41, 5.74) is 0.438. The van der Waals surface area contributed by atoms with Gasteiger partial charge in [0.05, 0.1) is 24.9 Å². The second kappa shape index (κ2) is 10.2. The van der Waals surface area contributed by atoms with Crippen LogP contribution in [0.2, 0.25) is 5.02 Å². The number of urea groups is 1. The molecule has 32 heavy (non-hydrogen) atoms. The van der Waals surface area contributed by atoms with Crippen LogP contribution in [0, 0.1) is 0 Å².